The molecule has 9 nitrogen and oxygen atoms in total. The molecule has 0 saturated heterocycles. The molecule has 122 valence electrons. The zero-order valence-electron chi connectivity index (χ0n) is 12.5. The minimum atomic E-state index is -1.12. The largest absolute Gasteiger partial charge is 0.394 e. The number of benzene rings is 1. The van der Waals surface area contributed by atoms with Gasteiger partial charge in [0.05, 0.1) is 17.7 Å². The lowest BCUT2D eigenvalue weighted by molar-refractivity contribution is -0.119. The van der Waals surface area contributed by atoms with E-state index in [0.717, 1.165) is 10.9 Å². The molecule has 3 aromatic rings. The van der Waals surface area contributed by atoms with Gasteiger partial charge in [0.25, 0.3) is 11.8 Å². The molecule has 0 bridgehead atoms. The van der Waals surface area contributed by atoms with Crippen molar-refractivity contribution >= 4 is 22.7 Å². The van der Waals surface area contributed by atoms with Crippen LogP contribution in [0.4, 0.5) is 0 Å². The molecule has 0 radical (unpaired) electrons. The second kappa shape index (κ2) is 6.84. The zero-order valence-corrected chi connectivity index (χ0v) is 12.5. The van der Waals surface area contributed by atoms with Gasteiger partial charge in [-0.05, 0) is 12.1 Å². The Balaban J connectivity index is 1.72. The van der Waals surface area contributed by atoms with Gasteiger partial charge in [-0.25, -0.2) is 4.68 Å². The molecule has 0 aliphatic carbocycles. The van der Waals surface area contributed by atoms with Crippen molar-refractivity contribution in [3.05, 3.63) is 54.7 Å². The molecule has 0 aliphatic rings. The lowest BCUT2D eigenvalue weighted by atomic mass is 10.1. The Kier molecular flexibility index (Phi) is 4.43. The SMILES string of the molecule is O=C(N[C@@H](CO)C(=O)Nn1cnnc1)c1cnc2ccccc2c1. The van der Waals surface area contributed by atoms with Crippen molar-refractivity contribution < 1.29 is 14.7 Å². The molecule has 9 heteroatoms. The van der Waals surface area contributed by atoms with E-state index in [-0.39, 0.29) is 0 Å². The second-order valence-corrected chi connectivity index (χ2v) is 4.97. The number of nitrogens with zero attached hydrogens (tertiary/aromatic N) is 4. The quantitative estimate of drug-likeness (QED) is 0.591. The zero-order chi connectivity index (χ0) is 16.9. The molecule has 2 amide bonds. The van der Waals surface area contributed by atoms with Crippen molar-refractivity contribution in [2.45, 2.75) is 6.04 Å². The Morgan fingerprint density at radius 3 is 2.71 bits per heavy atom. The Hall–Kier alpha value is -3.33. The molecule has 0 unspecified atom stereocenters. The number of aliphatic hydroxyl groups excluding tert-OH is 1. The topological polar surface area (TPSA) is 122 Å². The number of pyridine rings is 1. The van der Waals surface area contributed by atoms with E-state index < -0.39 is 24.5 Å². The molecule has 2 heterocycles. The smallest absolute Gasteiger partial charge is 0.263 e. The van der Waals surface area contributed by atoms with Crippen LogP contribution in [0.2, 0.25) is 0 Å². The number of hydrogen-bond donors (Lipinski definition) is 3. The van der Waals surface area contributed by atoms with Gasteiger partial charge >= 0.3 is 0 Å². The van der Waals surface area contributed by atoms with Gasteiger partial charge in [0.15, 0.2) is 0 Å². The molecule has 24 heavy (non-hydrogen) atoms. The van der Waals surface area contributed by atoms with Gasteiger partial charge in [-0.3, -0.25) is 20.0 Å². The van der Waals surface area contributed by atoms with E-state index >= 15 is 0 Å². The molecule has 1 atom stereocenters. The molecule has 2 aromatic heterocycles. The molecular weight excluding hydrogens is 312 g/mol. The summed E-state index contributed by atoms with van der Waals surface area (Å²) < 4.78 is 1.22. The first-order valence-electron chi connectivity index (χ1n) is 7.09. The highest BCUT2D eigenvalue weighted by Gasteiger charge is 2.21. The van der Waals surface area contributed by atoms with Crippen LogP contribution in [0.25, 0.3) is 10.9 Å². The van der Waals surface area contributed by atoms with Crippen LogP contribution in [0.3, 0.4) is 0 Å². The fourth-order valence-corrected chi connectivity index (χ4v) is 2.09. The first-order valence-corrected chi connectivity index (χ1v) is 7.09. The minimum Gasteiger partial charge on any atom is -0.394 e. The molecule has 0 aliphatic heterocycles. The van der Waals surface area contributed by atoms with Crippen molar-refractivity contribution in [3.63, 3.8) is 0 Å². The van der Waals surface area contributed by atoms with Crippen molar-refractivity contribution in [2.75, 3.05) is 12.0 Å². The van der Waals surface area contributed by atoms with Gasteiger partial charge in [-0.1, -0.05) is 18.2 Å². The molecule has 3 N–H and O–H groups in total. The van der Waals surface area contributed by atoms with Crippen LogP contribution in [0.1, 0.15) is 10.4 Å². The van der Waals surface area contributed by atoms with E-state index in [1.807, 2.05) is 24.3 Å². The Morgan fingerprint density at radius 2 is 1.96 bits per heavy atom. The van der Waals surface area contributed by atoms with Gasteiger partial charge in [0.1, 0.15) is 18.7 Å². The van der Waals surface area contributed by atoms with Gasteiger partial charge in [-0.2, -0.15) is 0 Å². The number of aliphatic hydroxyl groups is 1. The maximum absolute atomic E-state index is 12.3. The summed E-state index contributed by atoms with van der Waals surface area (Å²) in [5.74, 6) is -1.11. The number of hydrogen-bond acceptors (Lipinski definition) is 6. The van der Waals surface area contributed by atoms with E-state index in [2.05, 4.69) is 25.9 Å². The van der Waals surface area contributed by atoms with E-state index in [9.17, 15) is 14.7 Å². The number of nitrogens with one attached hydrogen (secondary N) is 2. The van der Waals surface area contributed by atoms with Crippen molar-refractivity contribution in [2.24, 2.45) is 0 Å². The predicted octanol–water partition coefficient (Wildman–Crippen LogP) is -0.313. The summed E-state index contributed by atoms with van der Waals surface area (Å²) in [7, 11) is 0. The van der Waals surface area contributed by atoms with Crippen LogP contribution in [0.15, 0.2) is 49.2 Å². The number of aromatic nitrogens is 4. The molecule has 0 saturated carbocycles. The fourth-order valence-electron chi connectivity index (χ4n) is 2.09. The first kappa shape index (κ1) is 15.6. The summed E-state index contributed by atoms with van der Waals surface area (Å²) in [6, 6.07) is 7.91. The molecule has 0 spiro atoms. The summed E-state index contributed by atoms with van der Waals surface area (Å²) in [6.45, 7) is -0.555. The number of fused-ring (bicyclic) bond motifs is 1. The van der Waals surface area contributed by atoms with Crippen LogP contribution >= 0.6 is 0 Å². The number of amides is 2. The van der Waals surface area contributed by atoms with Crippen LogP contribution < -0.4 is 10.7 Å². The number of rotatable bonds is 5. The Labute approximate surface area is 136 Å². The maximum atomic E-state index is 12.3. The Bertz CT molecular complexity index is 865. The standard InChI is InChI=1S/C15H14N6O3/c22-7-13(15(24)20-21-8-17-18-9-21)19-14(23)11-5-10-3-1-2-4-12(10)16-6-11/h1-6,8-9,13,22H,7H2,(H,19,23)(H,20,24)/t13-/m0/s1. The van der Waals surface area contributed by atoms with E-state index in [1.54, 1.807) is 6.07 Å². The van der Waals surface area contributed by atoms with Crippen LogP contribution in [-0.2, 0) is 4.79 Å². The first-order chi connectivity index (χ1) is 11.7. The summed E-state index contributed by atoms with van der Waals surface area (Å²) in [6.07, 6.45) is 3.98. The summed E-state index contributed by atoms with van der Waals surface area (Å²) in [4.78, 5) is 28.5. The van der Waals surface area contributed by atoms with Gasteiger partial charge < -0.3 is 10.4 Å². The van der Waals surface area contributed by atoms with Gasteiger partial charge in [-0.15, -0.1) is 10.2 Å². The third kappa shape index (κ3) is 3.36. The molecular formula is C15H14N6O3. The number of carbonyl (C=O) groups excluding carboxylic acids is 2. The van der Waals surface area contributed by atoms with Crippen LogP contribution in [0, 0.1) is 0 Å². The van der Waals surface area contributed by atoms with Gasteiger partial charge in [0, 0.05) is 11.6 Å². The summed E-state index contributed by atoms with van der Waals surface area (Å²) in [5.41, 5.74) is 3.48. The second-order valence-electron chi connectivity index (χ2n) is 4.97. The number of carbonyl (C=O) groups is 2. The van der Waals surface area contributed by atoms with Crippen LogP contribution in [0.5, 0.6) is 0 Å². The molecule has 1 aromatic carbocycles. The summed E-state index contributed by atoms with van der Waals surface area (Å²) >= 11 is 0. The average molecular weight is 326 g/mol. The third-order valence-electron chi connectivity index (χ3n) is 3.32. The lowest BCUT2D eigenvalue weighted by Crippen LogP contribution is -2.47. The maximum Gasteiger partial charge on any atom is 0.263 e. The van der Waals surface area contributed by atoms with Crippen molar-refractivity contribution in [3.8, 4) is 0 Å². The van der Waals surface area contributed by atoms with Gasteiger partial charge in [0.2, 0.25) is 0 Å². The Morgan fingerprint density at radius 1 is 1.21 bits per heavy atom. The van der Waals surface area contributed by atoms with E-state index in [0.29, 0.717) is 5.56 Å². The third-order valence-corrected chi connectivity index (χ3v) is 3.32. The van der Waals surface area contributed by atoms with E-state index in [4.69, 9.17) is 0 Å². The highest BCUT2D eigenvalue weighted by atomic mass is 16.3. The minimum absolute atomic E-state index is 0.296. The van der Waals surface area contributed by atoms with Crippen molar-refractivity contribution in [1.82, 2.24) is 25.2 Å². The summed E-state index contributed by atoms with van der Waals surface area (Å²) in [5, 5.41) is 19.7. The van der Waals surface area contributed by atoms with Crippen LogP contribution in [-0.4, -0.2) is 49.4 Å². The predicted molar refractivity (Wildman–Crippen MR) is 84.5 cm³/mol. The molecule has 0 fully saturated rings. The highest BCUT2D eigenvalue weighted by molar-refractivity contribution is 6.00. The molecule has 3 rings (SSSR count). The fraction of sp³-hybridized carbons (Fsp3) is 0.133. The normalized spacial score (nSPS) is 11.9. The average Bonchev–Trinajstić information content (AvgIpc) is 3.11. The number of para-hydroxylation sites is 1. The highest BCUT2D eigenvalue weighted by Crippen LogP contribution is 2.12. The monoisotopic (exact) mass is 326 g/mol. The lowest BCUT2D eigenvalue weighted by Gasteiger charge is -2.16. The van der Waals surface area contributed by atoms with Crippen molar-refractivity contribution in [1.29, 1.82) is 0 Å². The van der Waals surface area contributed by atoms with E-state index in [1.165, 1.54) is 23.5 Å².